The number of nitrogens with one attached hydrogen (secondary N) is 3. The molecule has 1 saturated heterocycles. The van der Waals surface area contributed by atoms with Gasteiger partial charge in [0.15, 0.2) is 0 Å². The highest BCUT2D eigenvalue weighted by molar-refractivity contribution is 6.39. The number of carboxylic acid groups (broad SMARTS) is 1. The quantitative estimate of drug-likeness (QED) is 0.143. The Hall–Kier alpha value is -4.81. The third kappa shape index (κ3) is 7.04. The summed E-state index contributed by atoms with van der Waals surface area (Å²) in [7, 11) is 1.58. The number of nitrogens with zero attached hydrogens (tertiary/aromatic N) is 3. The smallest absolute Gasteiger partial charge is 0.317 e. The summed E-state index contributed by atoms with van der Waals surface area (Å²) in [5.41, 5.74) is 5.64. The molecule has 6 rings (SSSR count). The minimum Gasteiger partial charge on any atom is -0.481 e. The topological polar surface area (TPSA) is 147 Å². The number of fused-ring (bicyclic) bond motifs is 1. The molecule has 1 fully saturated rings. The van der Waals surface area contributed by atoms with Crippen LogP contribution in [0, 0.1) is 0 Å². The van der Waals surface area contributed by atoms with Crippen molar-refractivity contribution >= 4 is 40.7 Å². The van der Waals surface area contributed by atoms with Crippen LogP contribution in [0.5, 0.6) is 5.88 Å². The summed E-state index contributed by atoms with van der Waals surface area (Å²) in [4.78, 5) is 44.5. The summed E-state index contributed by atoms with van der Waals surface area (Å²) in [6.07, 6.45) is 4.45. The molecule has 1 aliphatic heterocycles. The lowest BCUT2D eigenvalue weighted by molar-refractivity contribution is -0.136. The van der Waals surface area contributed by atoms with E-state index in [4.69, 9.17) is 38.0 Å². The molecule has 48 heavy (non-hydrogen) atoms. The van der Waals surface area contributed by atoms with Crippen molar-refractivity contribution in [3.63, 3.8) is 0 Å². The molecule has 5 aromatic rings. The standard InChI is InChI=1S/C35H32Cl2N6O5/c1-48-34-21(15-38-18-23-9-11-30(44)41-23)8-10-28(42-34)27-7-3-6-26(33(27)37)25-5-2-4-24(32(25)36)20-12-13-43-29(14-20)40-17-22(35(43)47)16-39-19-31(45)46/h2-8,10,12-14,17,23,38-39H,9,11,15-16,18-19H2,1H3,(H,41,44)(H,45,46). The van der Waals surface area contributed by atoms with Crippen LogP contribution in [-0.2, 0) is 22.7 Å². The first-order valence-corrected chi connectivity index (χ1v) is 16.0. The molecule has 4 heterocycles. The van der Waals surface area contributed by atoms with E-state index in [9.17, 15) is 14.4 Å². The van der Waals surface area contributed by atoms with Crippen molar-refractivity contribution < 1.29 is 19.4 Å². The summed E-state index contributed by atoms with van der Waals surface area (Å²) < 4.78 is 7.03. The number of carbonyl (C=O) groups excluding carboxylic acids is 1. The molecule has 0 aliphatic carbocycles. The van der Waals surface area contributed by atoms with Gasteiger partial charge >= 0.3 is 5.97 Å². The van der Waals surface area contributed by atoms with Crippen LogP contribution in [-0.4, -0.2) is 57.6 Å². The van der Waals surface area contributed by atoms with Crippen LogP contribution in [0.2, 0.25) is 10.0 Å². The molecule has 1 amide bonds. The molecule has 1 atom stereocenters. The highest BCUT2D eigenvalue weighted by Gasteiger charge is 2.21. The molecule has 1 aliphatic rings. The molecule has 2 aromatic carbocycles. The summed E-state index contributed by atoms with van der Waals surface area (Å²) in [6, 6.07) is 18.9. The predicted octanol–water partition coefficient (Wildman–Crippen LogP) is 4.95. The van der Waals surface area contributed by atoms with Crippen LogP contribution >= 0.6 is 23.2 Å². The second kappa shape index (κ2) is 14.5. The number of hydrogen-bond acceptors (Lipinski definition) is 8. The fourth-order valence-electron chi connectivity index (χ4n) is 5.75. The van der Waals surface area contributed by atoms with E-state index in [1.807, 2.05) is 48.5 Å². The number of amides is 1. The molecular weight excluding hydrogens is 655 g/mol. The average molecular weight is 688 g/mol. The zero-order chi connectivity index (χ0) is 33.8. The van der Waals surface area contributed by atoms with Gasteiger partial charge in [0.1, 0.15) is 5.65 Å². The predicted molar refractivity (Wildman–Crippen MR) is 184 cm³/mol. The van der Waals surface area contributed by atoms with E-state index in [0.717, 1.165) is 34.2 Å². The number of hydrogen-bond donors (Lipinski definition) is 4. The van der Waals surface area contributed by atoms with Crippen LogP contribution in [0.15, 0.2) is 77.9 Å². The van der Waals surface area contributed by atoms with Crippen LogP contribution in [0.1, 0.15) is 24.0 Å². The van der Waals surface area contributed by atoms with E-state index in [1.54, 1.807) is 25.4 Å². The maximum atomic E-state index is 13.0. The highest BCUT2D eigenvalue weighted by atomic mass is 35.5. The number of benzene rings is 2. The second-order valence-corrected chi connectivity index (χ2v) is 12.1. The van der Waals surface area contributed by atoms with Gasteiger partial charge < -0.3 is 25.8 Å². The third-order valence-corrected chi connectivity index (χ3v) is 8.98. The van der Waals surface area contributed by atoms with Crippen molar-refractivity contribution in [2.45, 2.75) is 32.0 Å². The zero-order valence-electron chi connectivity index (χ0n) is 25.9. The molecular formula is C35H32Cl2N6O5. The van der Waals surface area contributed by atoms with Crippen LogP contribution < -0.4 is 26.2 Å². The van der Waals surface area contributed by atoms with E-state index >= 15 is 0 Å². The summed E-state index contributed by atoms with van der Waals surface area (Å²) in [6.45, 7) is 1.01. The van der Waals surface area contributed by atoms with Gasteiger partial charge in [-0.3, -0.25) is 18.8 Å². The van der Waals surface area contributed by atoms with Crippen LogP contribution in [0.4, 0.5) is 0 Å². The maximum Gasteiger partial charge on any atom is 0.317 e. The average Bonchev–Trinajstić information content (AvgIpc) is 3.50. The van der Waals surface area contributed by atoms with E-state index < -0.39 is 5.97 Å². The number of carbonyl (C=O) groups is 2. The lowest BCUT2D eigenvalue weighted by Gasteiger charge is -2.16. The number of methoxy groups -OCH3 is 1. The van der Waals surface area contributed by atoms with Gasteiger partial charge in [-0.2, -0.15) is 0 Å². The van der Waals surface area contributed by atoms with E-state index in [0.29, 0.717) is 57.9 Å². The number of pyridine rings is 2. The number of carboxylic acids is 1. The molecule has 0 bridgehead atoms. The zero-order valence-corrected chi connectivity index (χ0v) is 27.4. The Morgan fingerprint density at radius 3 is 2.40 bits per heavy atom. The maximum absolute atomic E-state index is 13.0. The van der Waals surface area contributed by atoms with Gasteiger partial charge in [-0.15, -0.1) is 0 Å². The van der Waals surface area contributed by atoms with Gasteiger partial charge in [0.25, 0.3) is 5.56 Å². The molecule has 11 nitrogen and oxygen atoms in total. The molecule has 3 aromatic heterocycles. The Balaban J connectivity index is 1.26. The van der Waals surface area contributed by atoms with Crippen LogP contribution in [0.25, 0.3) is 39.2 Å². The fraction of sp³-hybridized carbons (Fsp3) is 0.229. The van der Waals surface area contributed by atoms with Crippen molar-refractivity contribution in [3.8, 4) is 39.4 Å². The van der Waals surface area contributed by atoms with E-state index in [-0.39, 0.29) is 30.6 Å². The van der Waals surface area contributed by atoms with Crippen molar-refractivity contribution in [1.29, 1.82) is 0 Å². The molecule has 0 saturated carbocycles. The monoisotopic (exact) mass is 686 g/mol. The SMILES string of the molecule is COc1nc(-c2cccc(-c3cccc(-c4ccn5c(=O)c(CNCC(=O)O)cnc5c4)c3Cl)c2Cl)ccc1CNCC1CCC(=O)N1. The molecule has 1 unspecified atom stereocenters. The lowest BCUT2D eigenvalue weighted by Crippen LogP contribution is -2.35. The van der Waals surface area contributed by atoms with E-state index in [2.05, 4.69) is 20.9 Å². The molecule has 0 spiro atoms. The Bertz CT molecular complexity index is 2090. The first kappa shape index (κ1) is 33.1. The number of aliphatic carboxylic acids is 1. The van der Waals surface area contributed by atoms with Crippen LogP contribution in [0.3, 0.4) is 0 Å². The highest BCUT2D eigenvalue weighted by Crippen LogP contribution is 2.42. The first-order valence-electron chi connectivity index (χ1n) is 15.3. The van der Waals surface area contributed by atoms with Gasteiger partial charge in [-0.25, -0.2) is 9.97 Å². The lowest BCUT2D eigenvalue weighted by atomic mass is 9.97. The minimum atomic E-state index is -1.01. The molecule has 0 radical (unpaired) electrons. The Morgan fingerprint density at radius 1 is 0.979 bits per heavy atom. The minimum absolute atomic E-state index is 0.0852. The molecule has 246 valence electrons. The van der Waals surface area contributed by atoms with Crippen molar-refractivity contribution in [2.24, 2.45) is 0 Å². The largest absolute Gasteiger partial charge is 0.481 e. The second-order valence-electron chi connectivity index (χ2n) is 11.4. The Kier molecular flexibility index (Phi) is 10.0. The number of aromatic nitrogens is 3. The van der Waals surface area contributed by atoms with Gasteiger partial charge in [0, 0.05) is 72.3 Å². The van der Waals surface area contributed by atoms with Gasteiger partial charge in [-0.1, -0.05) is 65.7 Å². The molecule has 13 heteroatoms. The van der Waals surface area contributed by atoms with Crippen molar-refractivity contribution in [1.82, 2.24) is 30.3 Å². The molecule has 4 N–H and O–H groups in total. The van der Waals surface area contributed by atoms with Gasteiger partial charge in [-0.05, 0) is 30.2 Å². The number of rotatable bonds is 12. The Morgan fingerprint density at radius 2 is 1.69 bits per heavy atom. The van der Waals surface area contributed by atoms with Gasteiger partial charge in [0.05, 0.1) is 35.0 Å². The fourth-order valence-corrected chi connectivity index (χ4v) is 6.41. The summed E-state index contributed by atoms with van der Waals surface area (Å²) >= 11 is 14.1. The van der Waals surface area contributed by atoms with E-state index in [1.165, 1.54) is 10.6 Å². The first-order chi connectivity index (χ1) is 23.2. The summed E-state index contributed by atoms with van der Waals surface area (Å²) in [5, 5.41) is 18.8. The Labute approximate surface area is 285 Å². The normalized spacial score (nSPS) is 14.3. The number of ether oxygens (including phenoxy) is 1. The number of halogens is 2. The van der Waals surface area contributed by atoms with Crippen molar-refractivity contribution in [2.75, 3.05) is 20.2 Å². The third-order valence-electron chi connectivity index (χ3n) is 8.17. The summed E-state index contributed by atoms with van der Waals surface area (Å²) in [5.74, 6) is -0.448. The van der Waals surface area contributed by atoms with Crippen molar-refractivity contribution in [3.05, 3.63) is 105 Å². The van der Waals surface area contributed by atoms with Gasteiger partial charge in [0.2, 0.25) is 11.8 Å².